The molecule has 3 N–H and O–H groups in total. The molecule has 2 rings (SSSR count). The quantitative estimate of drug-likeness (QED) is 0.571. The van der Waals surface area contributed by atoms with Gasteiger partial charge >= 0.3 is 0 Å². The van der Waals surface area contributed by atoms with E-state index in [4.69, 9.17) is 0 Å². The van der Waals surface area contributed by atoms with Gasteiger partial charge in [0.05, 0.1) is 34.4 Å². The zero-order chi connectivity index (χ0) is 9.26. The van der Waals surface area contributed by atoms with E-state index in [9.17, 15) is 0 Å². The lowest BCUT2D eigenvalue weighted by atomic mass is 10.4. The van der Waals surface area contributed by atoms with Gasteiger partial charge in [-0.2, -0.15) is 15.1 Å². The molecule has 2 aromatic heterocycles. The average Bonchev–Trinajstić information content (AvgIpc) is 2.63. The fraction of sp³-hybridized carbons (Fsp3) is 0.167. The predicted molar refractivity (Wildman–Crippen MR) is 58.9 cm³/mol. The zero-order valence-electron chi connectivity index (χ0n) is 6.80. The van der Waals surface area contributed by atoms with Gasteiger partial charge in [0.2, 0.25) is 5.95 Å². The van der Waals surface area contributed by atoms with Crippen molar-refractivity contribution in [2.24, 2.45) is 0 Å². The Morgan fingerprint density at radius 3 is 3.00 bits per heavy atom. The molecule has 0 radical (unpaired) electrons. The van der Waals surface area contributed by atoms with Crippen LogP contribution in [0.3, 0.4) is 0 Å². The molecule has 0 saturated heterocycles. The number of aromatic amines is 1. The Kier molecular flexibility index (Phi) is 2.17. The van der Waals surface area contributed by atoms with Crippen LogP contribution in [0.4, 0.5) is 11.8 Å². The average molecular weight is 290 g/mol. The van der Waals surface area contributed by atoms with Crippen LogP contribution in [0, 0.1) is 0 Å². The van der Waals surface area contributed by atoms with E-state index < -0.39 is 0 Å². The lowest BCUT2D eigenvalue weighted by Gasteiger charge is -2.01. The van der Waals surface area contributed by atoms with Crippen molar-refractivity contribution < 1.29 is 0 Å². The maximum absolute atomic E-state index is 4.21. The molecule has 0 spiro atoms. The Labute approximate surface area is 88.0 Å². The monoisotopic (exact) mass is 290 g/mol. The summed E-state index contributed by atoms with van der Waals surface area (Å²) in [6.45, 7) is 0. The maximum Gasteiger partial charge on any atom is 0.226 e. The molecule has 0 bridgehead atoms. The molecule has 0 aliphatic carbocycles. The minimum Gasteiger partial charge on any atom is -0.357 e. The lowest BCUT2D eigenvalue weighted by Crippen LogP contribution is -1.98. The molecular formula is C6H7IN6. The van der Waals surface area contributed by atoms with Gasteiger partial charge in [0.15, 0.2) is 11.5 Å². The first-order chi connectivity index (χ1) is 6.35. The first kappa shape index (κ1) is 8.48. The molecule has 0 aromatic carbocycles. The predicted octanol–water partition coefficient (Wildman–Crippen LogP) is 1.16. The minimum atomic E-state index is 0.566. The van der Waals surface area contributed by atoms with Crippen LogP contribution in [0.2, 0.25) is 0 Å². The number of anilines is 2. The Balaban J connectivity index is 2.70. The summed E-state index contributed by atoms with van der Waals surface area (Å²) in [6, 6.07) is 0. The van der Waals surface area contributed by atoms with Crippen molar-refractivity contribution in [3.63, 3.8) is 0 Å². The summed E-state index contributed by atoms with van der Waals surface area (Å²) in [5.41, 5.74) is 0.721. The smallest absolute Gasteiger partial charge is 0.226 e. The number of nitrogens with one attached hydrogen (secondary N) is 3. The topological polar surface area (TPSA) is 78.5 Å². The summed E-state index contributed by atoms with van der Waals surface area (Å²) in [5.74, 6) is 1.32. The van der Waals surface area contributed by atoms with E-state index in [-0.39, 0.29) is 0 Å². The van der Waals surface area contributed by atoms with Gasteiger partial charge in [-0.3, -0.25) is 5.10 Å². The molecule has 0 saturated carbocycles. The highest BCUT2D eigenvalue weighted by atomic mass is 127. The molecule has 68 valence electrons. The zero-order valence-corrected chi connectivity index (χ0v) is 8.95. The third kappa shape index (κ3) is 1.39. The molecule has 0 amide bonds. The van der Waals surface area contributed by atoms with E-state index in [1.54, 1.807) is 13.2 Å². The van der Waals surface area contributed by atoms with Crippen molar-refractivity contribution in [1.29, 1.82) is 0 Å². The highest BCUT2D eigenvalue weighted by Gasteiger charge is 2.06. The van der Waals surface area contributed by atoms with Crippen molar-refractivity contribution in [2.75, 3.05) is 15.9 Å². The Morgan fingerprint density at radius 1 is 1.46 bits per heavy atom. The summed E-state index contributed by atoms with van der Waals surface area (Å²) >= 11 is 2.02. The van der Waals surface area contributed by atoms with Gasteiger partial charge in [0, 0.05) is 7.05 Å². The Bertz CT molecular complexity index is 424. The number of fused-ring (bicyclic) bond motifs is 1. The highest BCUT2D eigenvalue weighted by molar-refractivity contribution is 14.1. The van der Waals surface area contributed by atoms with Crippen LogP contribution < -0.4 is 8.85 Å². The second-order valence-corrected chi connectivity index (χ2v) is 2.91. The van der Waals surface area contributed by atoms with E-state index >= 15 is 0 Å². The number of rotatable bonds is 2. The summed E-state index contributed by atoms with van der Waals surface area (Å²) in [5, 5.41) is 10.4. The van der Waals surface area contributed by atoms with Crippen LogP contribution >= 0.6 is 22.9 Å². The summed E-state index contributed by atoms with van der Waals surface area (Å²) in [6.07, 6.45) is 1.69. The Hall–Kier alpha value is -1.12. The number of H-pyrrole nitrogens is 1. The normalized spacial score (nSPS) is 10.3. The fourth-order valence-electron chi connectivity index (χ4n) is 1.02. The fourth-order valence-corrected chi connectivity index (χ4v) is 1.43. The first-order valence-corrected chi connectivity index (χ1v) is 4.68. The minimum absolute atomic E-state index is 0.566. The van der Waals surface area contributed by atoms with Gasteiger partial charge in [0.1, 0.15) is 0 Å². The van der Waals surface area contributed by atoms with Crippen LogP contribution in [0.25, 0.3) is 11.0 Å². The molecule has 0 fully saturated rings. The number of hydrogen-bond donors (Lipinski definition) is 3. The van der Waals surface area contributed by atoms with Crippen molar-refractivity contribution in [3.05, 3.63) is 6.20 Å². The molecule has 2 aromatic rings. The number of aromatic nitrogens is 4. The van der Waals surface area contributed by atoms with E-state index in [1.165, 1.54) is 0 Å². The molecule has 2 heterocycles. The van der Waals surface area contributed by atoms with Crippen molar-refractivity contribution in [2.45, 2.75) is 0 Å². The first-order valence-electron chi connectivity index (χ1n) is 3.60. The van der Waals surface area contributed by atoms with Crippen LogP contribution in [-0.4, -0.2) is 27.2 Å². The molecular weight excluding hydrogens is 283 g/mol. The maximum atomic E-state index is 4.21. The standard InChI is InChI=1S/C6H7IN6/c1-8-6-10-4(12-7)3-2-9-13-5(3)11-6/h2H,1H3,(H3,8,9,10,11,12,13). The second-order valence-electron chi connectivity index (χ2n) is 2.37. The molecule has 0 aliphatic heterocycles. The van der Waals surface area contributed by atoms with Gasteiger partial charge < -0.3 is 8.85 Å². The number of nitrogens with zero attached hydrogens (tertiary/aromatic N) is 3. The van der Waals surface area contributed by atoms with E-state index in [0.717, 1.165) is 16.9 Å². The third-order valence-corrected chi connectivity index (χ3v) is 2.13. The summed E-state index contributed by atoms with van der Waals surface area (Å²) in [4.78, 5) is 8.39. The van der Waals surface area contributed by atoms with Crippen molar-refractivity contribution in [3.8, 4) is 0 Å². The van der Waals surface area contributed by atoms with Gasteiger partial charge in [0.25, 0.3) is 0 Å². The van der Waals surface area contributed by atoms with Crippen LogP contribution in [0.15, 0.2) is 6.20 Å². The highest BCUT2D eigenvalue weighted by Crippen LogP contribution is 2.20. The summed E-state index contributed by atoms with van der Waals surface area (Å²) in [7, 11) is 1.77. The second kappa shape index (κ2) is 3.32. The number of halogens is 1. The largest absolute Gasteiger partial charge is 0.357 e. The molecule has 0 aliphatic rings. The lowest BCUT2D eigenvalue weighted by molar-refractivity contribution is 1.09. The Morgan fingerprint density at radius 2 is 2.31 bits per heavy atom. The summed E-state index contributed by atoms with van der Waals surface area (Å²) < 4.78 is 2.95. The van der Waals surface area contributed by atoms with Crippen molar-refractivity contribution in [1.82, 2.24) is 20.2 Å². The SMILES string of the molecule is CNc1nc(NI)c2cn[nH]c2n1. The van der Waals surface area contributed by atoms with E-state index in [0.29, 0.717) is 5.95 Å². The molecule has 7 heteroatoms. The van der Waals surface area contributed by atoms with Crippen LogP contribution in [0.1, 0.15) is 0 Å². The van der Waals surface area contributed by atoms with Gasteiger partial charge in [-0.15, -0.1) is 0 Å². The van der Waals surface area contributed by atoms with E-state index in [2.05, 4.69) is 29.0 Å². The number of hydrogen-bond acceptors (Lipinski definition) is 5. The third-order valence-electron chi connectivity index (χ3n) is 1.62. The van der Waals surface area contributed by atoms with Crippen LogP contribution in [0.5, 0.6) is 0 Å². The van der Waals surface area contributed by atoms with Gasteiger partial charge in [-0.1, -0.05) is 0 Å². The molecule has 6 nitrogen and oxygen atoms in total. The van der Waals surface area contributed by atoms with E-state index in [1.807, 2.05) is 22.9 Å². The van der Waals surface area contributed by atoms with Crippen LogP contribution in [-0.2, 0) is 0 Å². The van der Waals surface area contributed by atoms with Gasteiger partial charge in [-0.25, -0.2) is 0 Å². The molecule has 0 atom stereocenters. The van der Waals surface area contributed by atoms with Crippen molar-refractivity contribution >= 4 is 45.7 Å². The molecule has 13 heavy (non-hydrogen) atoms. The molecule has 0 unspecified atom stereocenters. The van der Waals surface area contributed by atoms with Gasteiger partial charge in [-0.05, 0) is 0 Å².